The molecular weight excluding hydrogens is 335 g/mol. The Bertz CT molecular complexity index is 750. The average Bonchev–Trinajstić information content (AvgIpc) is 2.58. The number of phenolic OH excluding ortho intramolecular Hbond substituents is 1. The maximum atomic E-state index is 13.6. The van der Waals surface area contributed by atoms with Gasteiger partial charge in [-0.2, -0.15) is 0 Å². The highest BCUT2D eigenvalue weighted by Crippen LogP contribution is 2.27. The van der Waals surface area contributed by atoms with Crippen molar-refractivity contribution in [2.24, 2.45) is 0 Å². The molecule has 0 heterocycles. The van der Waals surface area contributed by atoms with Crippen LogP contribution in [0.25, 0.3) is 0 Å². The van der Waals surface area contributed by atoms with Crippen LogP contribution < -0.4 is 10.1 Å². The first kappa shape index (κ1) is 19.6. The number of carbonyl (C=O) groups excluding carboxylic acids is 1. The number of benzene rings is 2. The highest BCUT2D eigenvalue weighted by atomic mass is 19.1. The molecule has 2 rings (SSSR count). The maximum Gasteiger partial charge on any atom is 0.322 e. The number of phenols is 1. The molecule has 0 fully saturated rings. The van der Waals surface area contributed by atoms with E-state index < -0.39 is 5.82 Å². The average molecular weight is 360 g/mol. The van der Waals surface area contributed by atoms with Gasteiger partial charge in [-0.15, -0.1) is 0 Å². The largest absolute Gasteiger partial charge is 0.508 e. The van der Waals surface area contributed by atoms with Crippen LogP contribution in [0, 0.1) is 5.82 Å². The molecule has 2 amide bonds. The van der Waals surface area contributed by atoms with E-state index in [1.165, 1.54) is 18.2 Å². The topological polar surface area (TPSA) is 61.8 Å². The third-order valence-corrected chi connectivity index (χ3v) is 3.68. The Morgan fingerprint density at radius 2 is 2.00 bits per heavy atom. The smallest absolute Gasteiger partial charge is 0.322 e. The molecule has 0 aliphatic rings. The van der Waals surface area contributed by atoms with Crippen LogP contribution in [-0.2, 0) is 6.54 Å². The molecule has 0 aliphatic heterocycles. The van der Waals surface area contributed by atoms with Crippen molar-refractivity contribution in [3.63, 3.8) is 0 Å². The van der Waals surface area contributed by atoms with Gasteiger partial charge in [-0.3, -0.25) is 0 Å². The van der Waals surface area contributed by atoms with E-state index in [0.29, 0.717) is 17.9 Å². The van der Waals surface area contributed by atoms with Gasteiger partial charge in [0.1, 0.15) is 17.3 Å². The number of aromatic hydroxyl groups is 1. The Morgan fingerprint density at radius 3 is 2.65 bits per heavy atom. The second-order valence-corrected chi connectivity index (χ2v) is 6.29. The highest BCUT2D eigenvalue weighted by molar-refractivity contribution is 5.91. The monoisotopic (exact) mass is 360 g/mol. The molecule has 0 atom stereocenters. The minimum atomic E-state index is -0.459. The molecule has 0 saturated heterocycles. The van der Waals surface area contributed by atoms with Crippen LogP contribution in [0.4, 0.5) is 14.9 Å². The van der Waals surface area contributed by atoms with Gasteiger partial charge < -0.3 is 20.1 Å². The number of para-hydroxylation sites is 1. The summed E-state index contributed by atoms with van der Waals surface area (Å²) in [6.07, 6.45) is 0.642. The van der Waals surface area contributed by atoms with Crippen molar-refractivity contribution in [1.82, 2.24) is 4.90 Å². The molecule has 0 saturated carbocycles. The van der Waals surface area contributed by atoms with Gasteiger partial charge in [0.2, 0.25) is 0 Å². The van der Waals surface area contributed by atoms with Crippen molar-refractivity contribution in [3.05, 3.63) is 53.8 Å². The number of carbonyl (C=O) groups is 1. The number of halogens is 1. The normalized spacial score (nSPS) is 10.7. The van der Waals surface area contributed by atoms with Crippen molar-refractivity contribution in [3.8, 4) is 11.5 Å². The maximum absolute atomic E-state index is 13.6. The van der Waals surface area contributed by atoms with Gasteiger partial charge in [0.05, 0.1) is 18.3 Å². The Morgan fingerprint density at radius 1 is 1.27 bits per heavy atom. The number of hydrogen-bond acceptors (Lipinski definition) is 3. The number of rotatable bonds is 7. The van der Waals surface area contributed by atoms with Crippen molar-refractivity contribution < 1.29 is 19.0 Å². The zero-order chi connectivity index (χ0) is 19.1. The fourth-order valence-electron chi connectivity index (χ4n) is 2.52. The molecule has 0 unspecified atom stereocenters. The second kappa shape index (κ2) is 9.08. The Labute approximate surface area is 153 Å². The van der Waals surface area contributed by atoms with Crippen molar-refractivity contribution in [2.75, 3.05) is 11.9 Å². The van der Waals surface area contributed by atoms with Crippen LogP contribution in [0.2, 0.25) is 0 Å². The Hall–Kier alpha value is -2.76. The summed E-state index contributed by atoms with van der Waals surface area (Å²) >= 11 is 0. The molecule has 0 aliphatic carbocycles. The number of nitrogens with one attached hydrogen (secondary N) is 1. The summed E-state index contributed by atoms with van der Waals surface area (Å²) < 4.78 is 19.3. The molecule has 5 nitrogen and oxygen atoms in total. The standard InChI is InChI=1S/C20H25FN2O3/c1-4-11-23(13-15-7-5-6-8-18(15)24)20(25)22-17-12-16(21)9-10-19(17)26-14(2)3/h5-10,12,14,24H,4,11,13H2,1-3H3,(H,22,25). The molecule has 0 radical (unpaired) electrons. The van der Waals surface area contributed by atoms with Gasteiger partial charge >= 0.3 is 6.03 Å². The van der Waals surface area contributed by atoms with Crippen molar-refractivity contribution >= 4 is 11.7 Å². The zero-order valence-electron chi connectivity index (χ0n) is 15.3. The highest BCUT2D eigenvalue weighted by Gasteiger charge is 2.17. The first-order valence-electron chi connectivity index (χ1n) is 8.69. The number of nitrogens with zero attached hydrogens (tertiary/aromatic N) is 1. The lowest BCUT2D eigenvalue weighted by atomic mass is 10.2. The van der Waals surface area contributed by atoms with Crippen LogP contribution in [-0.4, -0.2) is 28.7 Å². The van der Waals surface area contributed by atoms with Gasteiger partial charge in [-0.25, -0.2) is 9.18 Å². The number of amides is 2. The predicted molar refractivity (Wildman–Crippen MR) is 100.0 cm³/mol. The van der Waals surface area contributed by atoms with E-state index in [-0.39, 0.29) is 30.1 Å². The van der Waals surface area contributed by atoms with Crippen LogP contribution in [0.5, 0.6) is 11.5 Å². The lowest BCUT2D eigenvalue weighted by Crippen LogP contribution is -2.35. The SMILES string of the molecule is CCCN(Cc1ccccc1O)C(=O)Nc1cc(F)ccc1OC(C)C. The lowest BCUT2D eigenvalue weighted by molar-refractivity contribution is 0.208. The summed E-state index contributed by atoms with van der Waals surface area (Å²) in [6, 6.07) is 10.5. The minimum absolute atomic E-state index is 0.107. The molecule has 0 spiro atoms. The second-order valence-electron chi connectivity index (χ2n) is 6.29. The van der Waals surface area contributed by atoms with Crippen LogP contribution in [0.15, 0.2) is 42.5 Å². The van der Waals surface area contributed by atoms with Crippen LogP contribution in [0.1, 0.15) is 32.8 Å². The summed E-state index contributed by atoms with van der Waals surface area (Å²) in [5.41, 5.74) is 0.927. The fraction of sp³-hybridized carbons (Fsp3) is 0.350. The van der Waals surface area contributed by atoms with Crippen LogP contribution >= 0.6 is 0 Å². The quantitative estimate of drug-likeness (QED) is 0.748. The van der Waals surface area contributed by atoms with Gasteiger partial charge in [-0.05, 0) is 38.5 Å². The van der Waals surface area contributed by atoms with Gasteiger partial charge in [0.25, 0.3) is 0 Å². The number of anilines is 1. The molecule has 2 aromatic carbocycles. The van der Waals surface area contributed by atoms with E-state index >= 15 is 0 Å². The molecule has 0 aromatic heterocycles. The zero-order valence-corrected chi connectivity index (χ0v) is 15.3. The first-order chi connectivity index (χ1) is 12.4. The number of ether oxygens (including phenoxy) is 1. The molecule has 140 valence electrons. The molecule has 2 N–H and O–H groups in total. The first-order valence-corrected chi connectivity index (χ1v) is 8.69. The van der Waals surface area contributed by atoms with E-state index in [1.807, 2.05) is 20.8 Å². The van der Waals surface area contributed by atoms with Gasteiger partial charge in [0, 0.05) is 18.2 Å². The summed E-state index contributed by atoms with van der Waals surface area (Å²) in [4.78, 5) is 14.3. The van der Waals surface area contributed by atoms with Crippen LogP contribution in [0.3, 0.4) is 0 Å². The van der Waals surface area contributed by atoms with E-state index in [2.05, 4.69) is 5.32 Å². The van der Waals surface area contributed by atoms with Gasteiger partial charge in [0.15, 0.2) is 0 Å². The van der Waals surface area contributed by atoms with Crippen molar-refractivity contribution in [2.45, 2.75) is 39.8 Å². The van der Waals surface area contributed by atoms with Crippen molar-refractivity contribution in [1.29, 1.82) is 0 Å². The van der Waals surface area contributed by atoms with E-state index in [9.17, 15) is 14.3 Å². The summed E-state index contributed by atoms with van der Waals surface area (Å²) in [7, 11) is 0. The molecule has 6 heteroatoms. The molecular formula is C20H25FN2O3. The predicted octanol–water partition coefficient (Wildman–Crippen LogP) is 4.76. The fourth-order valence-corrected chi connectivity index (χ4v) is 2.52. The third-order valence-electron chi connectivity index (χ3n) is 3.68. The van der Waals surface area contributed by atoms with E-state index in [0.717, 1.165) is 6.42 Å². The van der Waals surface area contributed by atoms with E-state index in [1.54, 1.807) is 29.2 Å². The Balaban J connectivity index is 2.19. The summed E-state index contributed by atoms with van der Waals surface area (Å²) in [6.45, 7) is 6.42. The molecule has 2 aromatic rings. The van der Waals surface area contributed by atoms with E-state index in [4.69, 9.17) is 4.74 Å². The minimum Gasteiger partial charge on any atom is -0.508 e. The molecule has 26 heavy (non-hydrogen) atoms. The summed E-state index contributed by atoms with van der Waals surface area (Å²) in [5.74, 6) is 0.0869. The molecule has 0 bridgehead atoms. The van der Waals surface area contributed by atoms with Gasteiger partial charge in [-0.1, -0.05) is 25.1 Å². The Kier molecular flexibility index (Phi) is 6.83. The number of urea groups is 1. The lowest BCUT2D eigenvalue weighted by Gasteiger charge is -2.24. The summed E-state index contributed by atoms with van der Waals surface area (Å²) in [5, 5.41) is 12.7. The number of hydrogen-bond donors (Lipinski definition) is 2. The third kappa shape index (κ3) is 5.37.